The molecule has 1 fully saturated rings. The lowest BCUT2D eigenvalue weighted by Crippen LogP contribution is -2.46. The normalized spacial score (nSPS) is 17.2. The lowest BCUT2D eigenvalue weighted by Gasteiger charge is -2.26. The van der Waals surface area contributed by atoms with Crippen molar-refractivity contribution >= 4 is 18.3 Å². The molecule has 1 aliphatic rings. The summed E-state index contributed by atoms with van der Waals surface area (Å²) in [5.74, 6) is -0.201. The molecule has 1 aliphatic heterocycles. The van der Waals surface area contributed by atoms with E-state index in [9.17, 15) is 18.0 Å². The first-order valence-corrected chi connectivity index (χ1v) is 7.15. The predicted molar refractivity (Wildman–Crippen MR) is 82.1 cm³/mol. The molecular weight excluding hydrogens is 333 g/mol. The van der Waals surface area contributed by atoms with Crippen LogP contribution in [0.4, 0.5) is 13.2 Å². The van der Waals surface area contributed by atoms with Crippen LogP contribution in [-0.4, -0.2) is 25.2 Å². The van der Waals surface area contributed by atoms with Crippen molar-refractivity contribution in [2.24, 2.45) is 11.7 Å². The Morgan fingerprint density at radius 3 is 2.35 bits per heavy atom. The fraction of sp³-hybridized carbons (Fsp3) is 0.533. The molecule has 0 radical (unpaired) electrons. The van der Waals surface area contributed by atoms with Gasteiger partial charge in [-0.3, -0.25) is 4.79 Å². The molecule has 1 aromatic rings. The van der Waals surface area contributed by atoms with Crippen LogP contribution in [0.2, 0.25) is 0 Å². The molecule has 1 heterocycles. The van der Waals surface area contributed by atoms with Crippen molar-refractivity contribution in [3.8, 4) is 0 Å². The highest BCUT2D eigenvalue weighted by molar-refractivity contribution is 5.85. The fourth-order valence-electron chi connectivity index (χ4n) is 2.41. The Kier molecular flexibility index (Phi) is 7.31. The van der Waals surface area contributed by atoms with E-state index in [0.29, 0.717) is 18.8 Å². The summed E-state index contributed by atoms with van der Waals surface area (Å²) in [4.78, 5) is 12.0. The molecular formula is C15H20ClF3N2O2. The van der Waals surface area contributed by atoms with Crippen LogP contribution >= 0.6 is 12.4 Å². The van der Waals surface area contributed by atoms with Crippen LogP contribution in [0.25, 0.3) is 0 Å². The minimum absolute atomic E-state index is 0. The van der Waals surface area contributed by atoms with Crippen LogP contribution < -0.4 is 11.1 Å². The summed E-state index contributed by atoms with van der Waals surface area (Å²) >= 11 is 0. The molecule has 0 saturated carbocycles. The Balaban J connectivity index is 0.00000264. The lowest BCUT2D eigenvalue weighted by molar-refractivity contribution is -0.137. The van der Waals surface area contributed by atoms with Gasteiger partial charge in [-0.15, -0.1) is 12.4 Å². The van der Waals surface area contributed by atoms with Gasteiger partial charge in [-0.25, -0.2) is 0 Å². The van der Waals surface area contributed by atoms with Crippen LogP contribution in [0.3, 0.4) is 0 Å². The second-order valence-corrected chi connectivity index (χ2v) is 5.39. The molecule has 1 amide bonds. The van der Waals surface area contributed by atoms with Crippen molar-refractivity contribution in [2.75, 3.05) is 13.2 Å². The molecule has 2 rings (SSSR count). The number of hydrogen-bond acceptors (Lipinski definition) is 3. The molecule has 1 atom stereocenters. The maximum Gasteiger partial charge on any atom is 0.416 e. The number of carbonyl (C=O) groups excluding carboxylic acids is 1. The Bertz CT molecular complexity index is 502. The molecule has 4 nitrogen and oxygen atoms in total. The maximum atomic E-state index is 12.4. The number of benzene rings is 1. The summed E-state index contributed by atoms with van der Waals surface area (Å²) in [6, 6.07) is 4.09. The van der Waals surface area contributed by atoms with Crippen LogP contribution in [0.1, 0.15) is 24.0 Å². The largest absolute Gasteiger partial charge is 0.416 e. The Morgan fingerprint density at radius 1 is 1.26 bits per heavy atom. The molecule has 0 bridgehead atoms. The molecule has 0 aromatic heterocycles. The third-order valence-corrected chi connectivity index (χ3v) is 3.82. The first-order chi connectivity index (χ1) is 10.4. The molecule has 0 aliphatic carbocycles. The SMILES string of the molecule is Cl.NC(C(=O)NCc1ccc(C(F)(F)F)cc1)C1CCOCC1. The smallest absolute Gasteiger partial charge is 0.381 e. The summed E-state index contributed by atoms with van der Waals surface area (Å²) in [5, 5.41) is 2.67. The van der Waals surface area contributed by atoms with Crippen molar-refractivity contribution in [1.82, 2.24) is 5.32 Å². The number of halogens is 4. The average molecular weight is 353 g/mol. The minimum atomic E-state index is -4.35. The first-order valence-electron chi connectivity index (χ1n) is 7.15. The Hall–Kier alpha value is -1.31. The highest BCUT2D eigenvalue weighted by Crippen LogP contribution is 2.29. The van der Waals surface area contributed by atoms with E-state index < -0.39 is 17.8 Å². The highest BCUT2D eigenvalue weighted by atomic mass is 35.5. The molecule has 130 valence electrons. The number of carbonyl (C=O) groups is 1. The molecule has 8 heteroatoms. The van der Waals surface area contributed by atoms with Gasteiger partial charge < -0.3 is 15.8 Å². The molecule has 1 aromatic carbocycles. The molecule has 1 unspecified atom stereocenters. The minimum Gasteiger partial charge on any atom is -0.381 e. The molecule has 0 spiro atoms. The standard InChI is InChI=1S/C15H19F3N2O2.ClH/c16-15(17,18)12-3-1-10(2-4-12)9-20-14(21)13(19)11-5-7-22-8-6-11;/h1-4,11,13H,5-9,19H2,(H,20,21);1H. The summed E-state index contributed by atoms with van der Waals surface area (Å²) < 4.78 is 42.6. The fourth-order valence-corrected chi connectivity index (χ4v) is 2.41. The van der Waals surface area contributed by atoms with Gasteiger partial charge in [-0.05, 0) is 36.5 Å². The average Bonchev–Trinajstić information content (AvgIpc) is 2.52. The van der Waals surface area contributed by atoms with Gasteiger partial charge in [0.2, 0.25) is 5.91 Å². The number of alkyl halides is 3. The molecule has 3 N–H and O–H groups in total. The lowest BCUT2D eigenvalue weighted by atomic mass is 9.92. The van der Waals surface area contributed by atoms with Gasteiger partial charge in [0.05, 0.1) is 11.6 Å². The van der Waals surface area contributed by atoms with E-state index in [1.165, 1.54) is 12.1 Å². The van der Waals surface area contributed by atoms with Crippen molar-refractivity contribution in [1.29, 1.82) is 0 Å². The topological polar surface area (TPSA) is 64.4 Å². The van der Waals surface area contributed by atoms with Gasteiger partial charge in [0, 0.05) is 19.8 Å². The molecule has 1 saturated heterocycles. The first kappa shape index (κ1) is 19.7. The van der Waals surface area contributed by atoms with Gasteiger partial charge in [0.1, 0.15) is 0 Å². The van der Waals surface area contributed by atoms with Crippen LogP contribution in [0.15, 0.2) is 24.3 Å². The predicted octanol–water partition coefficient (Wildman–Crippen LogP) is 2.50. The van der Waals surface area contributed by atoms with Crippen LogP contribution in [0, 0.1) is 5.92 Å². The third-order valence-electron chi connectivity index (χ3n) is 3.82. The van der Waals surface area contributed by atoms with Crippen molar-refractivity contribution in [2.45, 2.75) is 31.6 Å². The summed E-state index contributed by atoms with van der Waals surface area (Å²) in [5.41, 5.74) is 5.81. The summed E-state index contributed by atoms with van der Waals surface area (Å²) in [6.07, 6.45) is -2.86. The van der Waals surface area contributed by atoms with E-state index in [1.807, 2.05) is 0 Å². The quantitative estimate of drug-likeness (QED) is 0.875. The van der Waals surface area contributed by atoms with Gasteiger partial charge in [-0.1, -0.05) is 12.1 Å². The Labute approximate surface area is 139 Å². The highest BCUT2D eigenvalue weighted by Gasteiger charge is 2.30. The van der Waals surface area contributed by atoms with Crippen molar-refractivity contribution in [3.63, 3.8) is 0 Å². The third kappa shape index (κ3) is 5.67. The Morgan fingerprint density at radius 2 is 1.83 bits per heavy atom. The zero-order chi connectivity index (χ0) is 16.2. The van der Waals surface area contributed by atoms with Crippen molar-refractivity contribution in [3.05, 3.63) is 35.4 Å². The summed E-state index contributed by atoms with van der Waals surface area (Å²) in [6.45, 7) is 1.36. The number of ether oxygens (including phenoxy) is 1. The van der Waals surface area contributed by atoms with Gasteiger partial charge in [-0.2, -0.15) is 13.2 Å². The monoisotopic (exact) mass is 352 g/mol. The van der Waals surface area contributed by atoms with E-state index in [1.54, 1.807) is 0 Å². The van der Waals surface area contributed by atoms with E-state index >= 15 is 0 Å². The molecule has 23 heavy (non-hydrogen) atoms. The maximum absolute atomic E-state index is 12.4. The van der Waals surface area contributed by atoms with Crippen molar-refractivity contribution < 1.29 is 22.7 Å². The second kappa shape index (κ2) is 8.52. The van der Waals surface area contributed by atoms with E-state index in [2.05, 4.69) is 5.32 Å². The number of hydrogen-bond donors (Lipinski definition) is 2. The van der Waals surface area contributed by atoms with E-state index in [0.717, 1.165) is 25.0 Å². The second-order valence-electron chi connectivity index (χ2n) is 5.39. The van der Waals surface area contributed by atoms with Gasteiger partial charge in [0.25, 0.3) is 0 Å². The van der Waals surface area contributed by atoms with Crippen LogP contribution in [0.5, 0.6) is 0 Å². The number of nitrogens with one attached hydrogen (secondary N) is 1. The zero-order valence-corrected chi connectivity index (χ0v) is 13.3. The number of rotatable bonds is 4. The number of amides is 1. The van der Waals surface area contributed by atoms with Gasteiger partial charge in [0.15, 0.2) is 0 Å². The summed E-state index contributed by atoms with van der Waals surface area (Å²) in [7, 11) is 0. The van der Waals surface area contributed by atoms with E-state index in [-0.39, 0.29) is 30.8 Å². The van der Waals surface area contributed by atoms with E-state index in [4.69, 9.17) is 10.5 Å². The zero-order valence-electron chi connectivity index (χ0n) is 12.4. The van der Waals surface area contributed by atoms with Gasteiger partial charge >= 0.3 is 6.18 Å². The van der Waals surface area contributed by atoms with Crippen LogP contribution in [-0.2, 0) is 22.3 Å². The number of nitrogens with two attached hydrogens (primary N) is 1.